The van der Waals surface area contributed by atoms with Crippen LogP contribution in [-0.4, -0.2) is 77.0 Å². The molecular weight excluding hydrogens is 448 g/mol. The van der Waals surface area contributed by atoms with E-state index in [1.165, 1.54) is 30.3 Å². The van der Waals surface area contributed by atoms with Gasteiger partial charge in [-0.05, 0) is 48.4 Å². The quantitative estimate of drug-likeness (QED) is 0.227. The average molecular weight is 473 g/mol. The van der Waals surface area contributed by atoms with E-state index in [0.29, 0.717) is 5.56 Å². The Balaban J connectivity index is 1.94. The molecule has 1 aliphatic rings. The number of ether oxygens (including phenoxy) is 1. The predicted molar refractivity (Wildman–Crippen MR) is 109 cm³/mol. The third-order valence-corrected chi connectivity index (χ3v) is 6.02. The van der Waals surface area contributed by atoms with Crippen molar-refractivity contribution < 1.29 is 50.7 Å². The standard InChI is InChI=1S/C21H25ClO10/c22-16-6-1-10(14-7-11(9-23)17(24)19(26)18(14)25)8-15(16)20(27,28)12-2-4-13(5-3-12)32-21(29,30)31/h1-6,8,11,14,17-19,23-31H,7,9H2. The van der Waals surface area contributed by atoms with Gasteiger partial charge in [0.2, 0.25) is 5.79 Å². The zero-order chi connectivity index (χ0) is 23.8. The van der Waals surface area contributed by atoms with Crippen LogP contribution in [0.15, 0.2) is 42.5 Å². The van der Waals surface area contributed by atoms with E-state index in [9.17, 15) is 30.6 Å². The number of hydrogen-bond acceptors (Lipinski definition) is 10. The molecule has 1 aliphatic carbocycles. The summed E-state index contributed by atoms with van der Waals surface area (Å²) >= 11 is 6.20. The molecule has 0 saturated heterocycles. The maximum atomic E-state index is 10.8. The molecule has 0 aromatic heterocycles. The topological polar surface area (TPSA) is 191 Å². The van der Waals surface area contributed by atoms with Gasteiger partial charge in [0.25, 0.3) is 0 Å². The van der Waals surface area contributed by atoms with Gasteiger partial charge in [-0.1, -0.05) is 17.7 Å². The fourth-order valence-corrected chi connectivity index (χ4v) is 4.20. The van der Waals surface area contributed by atoms with Crippen LogP contribution in [0.2, 0.25) is 5.02 Å². The van der Waals surface area contributed by atoms with Gasteiger partial charge in [0.05, 0.1) is 12.2 Å². The van der Waals surface area contributed by atoms with E-state index in [2.05, 4.69) is 4.74 Å². The normalized spacial score (nSPS) is 26.8. The van der Waals surface area contributed by atoms with Crippen LogP contribution in [0.5, 0.6) is 5.75 Å². The molecule has 5 atom stereocenters. The summed E-state index contributed by atoms with van der Waals surface area (Å²) in [6.45, 7) is -0.406. The smallest absolute Gasteiger partial charge is 0.417 e. The molecule has 176 valence electrons. The lowest BCUT2D eigenvalue weighted by Crippen LogP contribution is -2.51. The van der Waals surface area contributed by atoms with Gasteiger partial charge in [-0.3, -0.25) is 0 Å². The number of benzene rings is 2. The molecule has 0 heterocycles. The molecule has 2 aromatic carbocycles. The van der Waals surface area contributed by atoms with Gasteiger partial charge < -0.3 is 50.7 Å². The fraction of sp³-hybridized carbons (Fsp3) is 0.429. The van der Waals surface area contributed by atoms with E-state index in [-0.39, 0.29) is 28.3 Å². The van der Waals surface area contributed by atoms with Crippen molar-refractivity contribution in [3.63, 3.8) is 0 Å². The van der Waals surface area contributed by atoms with Crippen LogP contribution in [0.4, 0.5) is 0 Å². The zero-order valence-electron chi connectivity index (χ0n) is 16.7. The van der Waals surface area contributed by atoms with Crippen molar-refractivity contribution in [1.29, 1.82) is 0 Å². The van der Waals surface area contributed by atoms with Gasteiger partial charge in [0.1, 0.15) is 11.9 Å². The van der Waals surface area contributed by atoms with Crippen LogP contribution >= 0.6 is 11.6 Å². The fourth-order valence-electron chi connectivity index (χ4n) is 3.95. The van der Waals surface area contributed by atoms with Crippen molar-refractivity contribution in [2.24, 2.45) is 5.92 Å². The second-order valence-corrected chi connectivity index (χ2v) is 8.28. The summed E-state index contributed by atoms with van der Waals surface area (Å²) in [5.41, 5.74) is 0.190. The predicted octanol–water partition coefficient (Wildman–Crippen LogP) is -1.33. The lowest BCUT2D eigenvalue weighted by atomic mass is 9.73. The first-order valence-electron chi connectivity index (χ1n) is 9.71. The third kappa shape index (κ3) is 5.05. The molecule has 0 amide bonds. The van der Waals surface area contributed by atoms with Crippen LogP contribution < -0.4 is 4.74 Å². The summed E-state index contributed by atoms with van der Waals surface area (Å²) < 4.78 is 4.43. The Hall–Kier alpha value is -1.83. The highest BCUT2D eigenvalue weighted by Gasteiger charge is 2.43. The van der Waals surface area contributed by atoms with E-state index in [4.69, 9.17) is 26.9 Å². The second-order valence-electron chi connectivity index (χ2n) is 7.87. The molecule has 0 bridgehead atoms. The molecule has 0 spiro atoms. The maximum absolute atomic E-state index is 10.8. The van der Waals surface area contributed by atoms with Gasteiger partial charge >= 0.3 is 6.16 Å². The van der Waals surface area contributed by atoms with Crippen LogP contribution in [-0.2, 0) is 5.79 Å². The lowest BCUT2D eigenvalue weighted by molar-refractivity contribution is -0.419. The molecular formula is C21H25ClO10. The van der Waals surface area contributed by atoms with Crippen LogP contribution in [0, 0.1) is 5.92 Å². The first-order chi connectivity index (χ1) is 14.8. The van der Waals surface area contributed by atoms with Gasteiger partial charge in [-0.2, -0.15) is 0 Å². The first kappa shape index (κ1) is 24.8. The number of hydrogen-bond donors (Lipinski definition) is 9. The molecule has 5 unspecified atom stereocenters. The minimum atomic E-state index is -3.40. The molecule has 9 N–H and O–H groups in total. The molecule has 2 aromatic rings. The number of halogens is 1. The molecule has 1 fully saturated rings. The SMILES string of the molecule is OCC1CC(c2ccc(Cl)c(C(O)(O)c3ccc(OC(O)(O)O)cc3)c2)C(O)C(O)C1O. The maximum Gasteiger partial charge on any atom is 0.453 e. The van der Waals surface area contributed by atoms with Crippen molar-refractivity contribution in [2.75, 3.05) is 6.61 Å². The molecule has 11 heteroatoms. The van der Waals surface area contributed by atoms with Crippen molar-refractivity contribution in [1.82, 2.24) is 0 Å². The highest BCUT2D eigenvalue weighted by Crippen LogP contribution is 2.40. The van der Waals surface area contributed by atoms with Gasteiger partial charge in [0, 0.05) is 34.6 Å². The largest absolute Gasteiger partial charge is 0.453 e. The summed E-state index contributed by atoms with van der Waals surface area (Å²) in [4.78, 5) is 0. The Kier molecular flexibility index (Phi) is 7.13. The summed E-state index contributed by atoms with van der Waals surface area (Å²) in [6.07, 6.45) is -7.43. The van der Waals surface area contributed by atoms with Crippen LogP contribution in [0.3, 0.4) is 0 Å². The second kappa shape index (κ2) is 9.20. The van der Waals surface area contributed by atoms with Crippen molar-refractivity contribution in [2.45, 2.75) is 42.6 Å². The van der Waals surface area contributed by atoms with E-state index in [1.54, 1.807) is 0 Å². The Morgan fingerprint density at radius 1 is 0.875 bits per heavy atom. The number of aliphatic hydroxyl groups is 9. The first-order valence-corrected chi connectivity index (χ1v) is 10.1. The summed E-state index contributed by atoms with van der Waals surface area (Å²) in [5.74, 6) is -4.20. The Labute approximate surface area is 187 Å². The minimum absolute atomic E-state index is 0.0104. The molecule has 0 radical (unpaired) electrons. The Morgan fingerprint density at radius 3 is 2.06 bits per heavy atom. The summed E-state index contributed by atoms with van der Waals surface area (Å²) in [6, 6.07) is 8.97. The number of rotatable bonds is 6. The summed E-state index contributed by atoms with van der Waals surface area (Å²) in [7, 11) is 0. The van der Waals surface area contributed by atoms with Gasteiger partial charge in [-0.15, -0.1) is 0 Å². The van der Waals surface area contributed by atoms with E-state index in [1.807, 2.05) is 0 Å². The van der Waals surface area contributed by atoms with Crippen molar-refractivity contribution in [3.8, 4) is 5.75 Å². The molecule has 0 aliphatic heterocycles. The van der Waals surface area contributed by atoms with Crippen LogP contribution in [0.25, 0.3) is 0 Å². The van der Waals surface area contributed by atoms with E-state index >= 15 is 0 Å². The third-order valence-electron chi connectivity index (χ3n) is 5.69. The lowest BCUT2D eigenvalue weighted by Gasteiger charge is -2.40. The minimum Gasteiger partial charge on any atom is -0.417 e. The molecule has 10 nitrogen and oxygen atoms in total. The van der Waals surface area contributed by atoms with Crippen LogP contribution in [0.1, 0.15) is 29.0 Å². The number of aliphatic hydroxyl groups excluding tert-OH is 4. The molecule has 32 heavy (non-hydrogen) atoms. The zero-order valence-corrected chi connectivity index (χ0v) is 17.4. The summed E-state index contributed by atoms with van der Waals surface area (Å²) in [5, 5.41) is 88.4. The van der Waals surface area contributed by atoms with Crippen molar-refractivity contribution in [3.05, 3.63) is 64.2 Å². The van der Waals surface area contributed by atoms with Gasteiger partial charge in [-0.25, -0.2) is 0 Å². The molecule has 1 saturated carbocycles. The highest BCUT2D eigenvalue weighted by atomic mass is 35.5. The van der Waals surface area contributed by atoms with E-state index < -0.39 is 48.7 Å². The van der Waals surface area contributed by atoms with E-state index in [0.717, 1.165) is 12.1 Å². The average Bonchev–Trinajstić information content (AvgIpc) is 2.72. The van der Waals surface area contributed by atoms with Gasteiger partial charge in [0.15, 0.2) is 0 Å². The van der Waals surface area contributed by atoms with Crippen molar-refractivity contribution >= 4 is 11.6 Å². The molecule has 3 rings (SSSR count). The monoisotopic (exact) mass is 472 g/mol. The Morgan fingerprint density at radius 2 is 1.50 bits per heavy atom. The Bertz CT molecular complexity index is 925. The highest BCUT2D eigenvalue weighted by molar-refractivity contribution is 6.31.